The van der Waals surface area contributed by atoms with E-state index in [1.165, 1.54) is 11.1 Å². The van der Waals surface area contributed by atoms with Gasteiger partial charge in [0, 0.05) is 10.6 Å². The lowest BCUT2D eigenvalue weighted by molar-refractivity contribution is 1.38. The van der Waals surface area contributed by atoms with Gasteiger partial charge in [-0.2, -0.15) is 0 Å². The number of aryl methyl sites for hydroxylation is 2. The lowest BCUT2D eigenvalue weighted by Gasteiger charge is -2.10. The molecule has 2 aromatic carbocycles. The first-order valence-corrected chi connectivity index (χ1v) is 6.34. The molecular weight excluding hydrogens is 275 g/mol. The summed E-state index contributed by atoms with van der Waals surface area (Å²) in [5.74, 6) is 0. The molecule has 2 aromatic rings. The van der Waals surface area contributed by atoms with E-state index in [0.717, 1.165) is 11.1 Å². The van der Waals surface area contributed by atoms with Gasteiger partial charge in [-0.15, -0.1) is 0 Å². The molecule has 0 bridgehead atoms. The minimum Gasteiger partial charge on any atom is -0.0842 e. The fraction of sp³-hybridized carbons (Fsp3) is 0.143. The van der Waals surface area contributed by atoms with E-state index in [-0.39, 0.29) is 0 Å². The highest BCUT2D eigenvalue weighted by molar-refractivity contribution is 6.41. The second-order valence-electron chi connectivity index (χ2n) is 4.12. The van der Waals surface area contributed by atoms with Crippen molar-refractivity contribution in [2.45, 2.75) is 13.8 Å². The SMILES string of the molecule is Cc1cc(C)cc(-c2c(Cl)cc(Cl)cc2Cl)c1. The van der Waals surface area contributed by atoms with E-state index >= 15 is 0 Å². The van der Waals surface area contributed by atoms with E-state index < -0.39 is 0 Å². The van der Waals surface area contributed by atoms with Crippen LogP contribution in [0.2, 0.25) is 15.1 Å². The maximum absolute atomic E-state index is 6.21. The Balaban J connectivity index is 2.68. The highest BCUT2D eigenvalue weighted by Gasteiger charge is 2.10. The van der Waals surface area contributed by atoms with Crippen molar-refractivity contribution in [3.8, 4) is 11.1 Å². The van der Waals surface area contributed by atoms with Gasteiger partial charge < -0.3 is 0 Å². The van der Waals surface area contributed by atoms with Gasteiger partial charge in [0.25, 0.3) is 0 Å². The van der Waals surface area contributed by atoms with E-state index in [9.17, 15) is 0 Å². The van der Waals surface area contributed by atoms with Gasteiger partial charge in [-0.25, -0.2) is 0 Å². The third kappa shape index (κ3) is 2.77. The summed E-state index contributed by atoms with van der Waals surface area (Å²) in [6.07, 6.45) is 0. The monoisotopic (exact) mass is 284 g/mol. The minimum absolute atomic E-state index is 0.549. The maximum atomic E-state index is 6.21. The first-order chi connectivity index (χ1) is 7.97. The fourth-order valence-electron chi connectivity index (χ4n) is 1.94. The van der Waals surface area contributed by atoms with Crippen LogP contribution in [0.15, 0.2) is 30.3 Å². The lowest BCUT2D eigenvalue weighted by Crippen LogP contribution is -1.85. The average molecular weight is 286 g/mol. The standard InChI is InChI=1S/C14H11Cl3/c1-8-3-9(2)5-10(4-8)14-12(16)6-11(15)7-13(14)17/h3-7H,1-2H3. The van der Waals surface area contributed by atoms with Crippen LogP contribution in [0.1, 0.15) is 11.1 Å². The molecule has 0 radical (unpaired) electrons. The van der Waals surface area contributed by atoms with E-state index in [2.05, 4.69) is 18.2 Å². The van der Waals surface area contributed by atoms with Crippen molar-refractivity contribution in [1.82, 2.24) is 0 Å². The normalized spacial score (nSPS) is 10.6. The predicted molar refractivity (Wildman–Crippen MR) is 76.4 cm³/mol. The molecule has 0 nitrogen and oxygen atoms in total. The molecule has 0 aliphatic rings. The zero-order valence-corrected chi connectivity index (χ0v) is 11.8. The summed E-state index contributed by atoms with van der Waals surface area (Å²) in [6.45, 7) is 4.10. The molecule has 0 aliphatic heterocycles. The second kappa shape index (κ2) is 4.89. The quantitative estimate of drug-likeness (QED) is 0.609. The van der Waals surface area contributed by atoms with E-state index in [4.69, 9.17) is 34.8 Å². The molecule has 0 fully saturated rings. The topological polar surface area (TPSA) is 0 Å². The fourth-order valence-corrected chi connectivity index (χ4v) is 2.97. The van der Waals surface area contributed by atoms with Crippen LogP contribution in [-0.4, -0.2) is 0 Å². The summed E-state index contributed by atoms with van der Waals surface area (Å²) in [6, 6.07) is 9.66. The Morgan fingerprint density at radius 3 is 1.65 bits per heavy atom. The maximum Gasteiger partial charge on any atom is 0.0514 e. The lowest BCUT2D eigenvalue weighted by atomic mass is 10.0. The van der Waals surface area contributed by atoms with Crippen LogP contribution in [0, 0.1) is 13.8 Å². The van der Waals surface area contributed by atoms with Crippen molar-refractivity contribution in [3.05, 3.63) is 56.5 Å². The number of halogens is 3. The molecule has 0 saturated carbocycles. The van der Waals surface area contributed by atoms with Crippen LogP contribution in [-0.2, 0) is 0 Å². The van der Waals surface area contributed by atoms with Crippen molar-refractivity contribution in [2.24, 2.45) is 0 Å². The average Bonchev–Trinajstić information content (AvgIpc) is 2.13. The van der Waals surface area contributed by atoms with Gasteiger partial charge >= 0.3 is 0 Å². The van der Waals surface area contributed by atoms with Gasteiger partial charge in [-0.05, 0) is 31.5 Å². The highest BCUT2D eigenvalue weighted by atomic mass is 35.5. The smallest absolute Gasteiger partial charge is 0.0514 e. The van der Waals surface area contributed by atoms with Crippen molar-refractivity contribution >= 4 is 34.8 Å². The first-order valence-electron chi connectivity index (χ1n) is 5.20. The zero-order valence-electron chi connectivity index (χ0n) is 9.52. The summed E-state index contributed by atoms with van der Waals surface area (Å²) in [5.41, 5.74) is 4.22. The molecule has 2 rings (SSSR count). The molecule has 0 atom stereocenters. The summed E-state index contributed by atoms with van der Waals surface area (Å²) >= 11 is 18.3. The Kier molecular flexibility index (Phi) is 3.67. The summed E-state index contributed by atoms with van der Waals surface area (Å²) in [4.78, 5) is 0. The summed E-state index contributed by atoms with van der Waals surface area (Å²) in [7, 11) is 0. The molecule has 0 heterocycles. The van der Waals surface area contributed by atoms with E-state index in [0.29, 0.717) is 15.1 Å². The Labute approximate surface area is 116 Å². The Morgan fingerprint density at radius 2 is 1.18 bits per heavy atom. The predicted octanol–water partition coefficient (Wildman–Crippen LogP) is 5.93. The van der Waals surface area contributed by atoms with Gasteiger partial charge in [0.15, 0.2) is 0 Å². The molecule has 17 heavy (non-hydrogen) atoms. The molecule has 0 amide bonds. The van der Waals surface area contributed by atoms with Gasteiger partial charge in [-0.1, -0.05) is 64.1 Å². The molecule has 0 N–H and O–H groups in total. The van der Waals surface area contributed by atoms with Crippen molar-refractivity contribution in [2.75, 3.05) is 0 Å². The third-order valence-electron chi connectivity index (χ3n) is 2.52. The number of rotatable bonds is 1. The third-order valence-corrected chi connectivity index (χ3v) is 3.33. The first kappa shape index (κ1) is 12.8. The molecule has 3 heteroatoms. The van der Waals surface area contributed by atoms with Crippen LogP contribution in [0.5, 0.6) is 0 Å². The minimum atomic E-state index is 0.549. The molecule has 0 saturated heterocycles. The van der Waals surface area contributed by atoms with Crippen molar-refractivity contribution < 1.29 is 0 Å². The molecule has 88 valence electrons. The van der Waals surface area contributed by atoms with Crippen molar-refractivity contribution in [1.29, 1.82) is 0 Å². The van der Waals surface area contributed by atoms with Crippen LogP contribution in [0.25, 0.3) is 11.1 Å². The number of benzene rings is 2. The Bertz CT molecular complexity index is 530. The van der Waals surface area contributed by atoms with Crippen LogP contribution >= 0.6 is 34.8 Å². The largest absolute Gasteiger partial charge is 0.0842 e. The van der Waals surface area contributed by atoms with Crippen LogP contribution < -0.4 is 0 Å². The van der Waals surface area contributed by atoms with Gasteiger partial charge in [0.2, 0.25) is 0 Å². The highest BCUT2D eigenvalue weighted by Crippen LogP contribution is 2.37. The van der Waals surface area contributed by atoms with Gasteiger partial charge in [-0.3, -0.25) is 0 Å². The zero-order chi connectivity index (χ0) is 12.6. The molecule has 0 spiro atoms. The van der Waals surface area contributed by atoms with Gasteiger partial charge in [0.05, 0.1) is 10.0 Å². The summed E-state index contributed by atoms with van der Waals surface area (Å²) in [5, 5.41) is 1.70. The molecular formula is C14H11Cl3. The van der Waals surface area contributed by atoms with Crippen LogP contribution in [0.4, 0.5) is 0 Å². The van der Waals surface area contributed by atoms with Crippen molar-refractivity contribution in [3.63, 3.8) is 0 Å². The number of hydrogen-bond acceptors (Lipinski definition) is 0. The van der Waals surface area contributed by atoms with E-state index in [1.54, 1.807) is 12.1 Å². The molecule has 0 unspecified atom stereocenters. The number of hydrogen-bond donors (Lipinski definition) is 0. The second-order valence-corrected chi connectivity index (χ2v) is 5.37. The molecule has 0 aliphatic carbocycles. The van der Waals surface area contributed by atoms with Gasteiger partial charge in [0.1, 0.15) is 0 Å². The Morgan fingerprint density at radius 1 is 0.706 bits per heavy atom. The van der Waals surface area contributed by atoms with E-state index in [1.807, 2.05) is 13.8 Å². The molecule has 0 aromatic heterocycles. The summed E-state index contributed by atoms with van der Waals surface area (Å²) < 4.78 is 0. The van der Waals surface area contributed by atoms with Crippen LogP contribution in [0.3, 0.4) is 0 Å². The Hall–Kier alpha value is -0.690.